The maximum Gasteiger partial charge on any atom is 0.164 e. The van der Waals surface area contributed by atoms with Gasteiger partial charge in [0.25, 0.3) is 0 Å². The lowest BCUT2D eigenvalue weighted by Gasteiger charge is -2.26. The topological polar surface area (TPSA) is 145 Å². The Kier molecular flexibility index (Phi) is 4.76. The first-order valence-electron chi connectivity index (χ1n) is 11.2. The molecule has 1 aliphatic carbocycles. The number of nitrogens with zero attached hydrogens (tertiary/aromatic N) is 4. The van der Waals surface area contributed by atoms with Crippen molar-refractivity contribution < 1.29 is 14.9 Å². The number of aliphatic hydroxyl groups excluding tert-OH is 1. The van der Waals surface area contributed by atoms with E-state index in [1.54, 1.807) is 10.6 Å². The Balaban J connectivity index is 1.31. The molecule has 1 aromatic carbocycles. The normalized spacial score (nSPS) is 28.7. The van der Waals surface area contributed by atoms with Gasteiger partial charge in [0.05, 0.1) is 22.0 Å². The second kappa shape index (κ2) is 7.51. The zero-order chi connectivity index (χ0) is 23.8. The predicted molar refractivity (Wildman–Crippen MR) is 129 cm³/mol. The van der Waals surface area contributed by atoms with Crippen molar-refractivity contribution in [3.63, 3.8) is 0 Å². The molecule has 0 spiro atoms. The fourth-order valence-corrected chi connectivity index (χ4v) is 5.84. The maximum absolute atomic E-state index is 11.5. The largest absolute Gasteiger partial charge is 0.385 e. The van der Waals surface area contributed by atoms with Gasteiger partial charge in [0.1, 0.15) is 35.3 Å². The van der Waals surface area contributed by atoms with Gasteiger partial charge < -0.3 is 31.0 Å². The third-order valence-corrected chi connectivity index (χ3v) is 7.67. The average molecular weight is 481 g/mol. The molecule has 3 aromatic heterocycles. The van der Waals surface area contributed by atoms with Crippen LogP contribution in [0, 0.1) is 12.8 Å². The lowest BCUT2D eigenvalue weighted by molar-refractivity contribution is -0.0675. The summed E-state index contributed by atoms with van der Waals surface area (Å²) in [6.45, 7) is 1.91. The number of ether oxygens (including phenoxy) is 1. The van der Waals surface area contributed by atoms with E-state index in [1.807, 2.05) is 31.3 Å². The van der Waals surface area contributed by atoms with Crippen molar-refractivity contribution in [3.05, 3.63) is 52.9 Å². The highest BCUT2D eigenvalue weighted by Crippen LogP contribution is 2.51. The number of hydrogen-bond donors (Lipinski definition) is 4. The Morgan fingerprint density at radius 1 is 1.24 bits per heavy atom. The van der Waals surface area contributed by atoms with Gasteiger partial charge in [-0.15, -0.1) is 0 Å². The van der Waals surface area contributed by atoms with Crippen LogP contribution in [0.1, 0.15) is 30.2 Å². The molecule has 0 bridgehead atoms. The van der Waals surface area contributed by atoms with E-state index in [9.17, 15) is 10.2 Å². The maximum atomic E-state index is 11.5. The molecule has 9 nitrogen and oxygen atoms in total. The van der Waals surface area contributed by atoms with Crippen molar-refractivity contribution in [3.8, 4) is 0 Å². The minimum Gasteiger partial charge on any atom is -0.385 e. The number of nitrogens with two attached hydrogens (primary N) is 2. The number of fused-ring (bicyclic) bond motifs is 3. The summed E-state index contributed by atoms with van der Waals surface area (Å²) in [6, 6.07) is 7.79. The molecule has 4 aromatic rings. The Morgan fingerprint density at radius 2 is 2.06 bits per heavy atom. The molecule has 5 atom stereocenters. The molecule has 4 heterocycles. The number of aryl methyl sites for hydroxylation is 1. The molecular formula is C24H25ClN6O3. The van der Waals surface area contributed by atoms with E-state index in [0.29, 0.717) is 35.1 Å². The van der Waals surface area contributed by atoms with Crippen molar-refractivity contribution in [2.24, 2.45) is 5.92 Å². The van der Waals surface area contributed by atoms with Crippen LogP contribution in [-0.2, 0) is 11.2 Å². The number of rotatable bonds is 3. The number of pyridine rings is 1. The summed E-state index contributed by atoms with van der Waals surface area (Å²) < 4.78 is 8.12. The molecule has 1 saturated heterocycles. The number of benzene rings is 1. The minimum absolute atomic E-state index is 0.0226. The molecule has 1 saturated carbocycles. The van der Waals surface area contributed by atoms with Gasteiger partial charge in [0.15, 0.2) is 6.23 Å². The Hall–Kier alpha value is -2.98. The highest BCUT2D eigenvalue weighted by Gasteiger charge is 2.61. The van der Waals surface area contributed by atoms with Crippen molar-refractivity contribution >= 4 is 45.2 Å². The second-order valence-electron chi connectivity index (χ2n) is 9.45. The highest BCUT2D eigenvalue weighted by atomic mass is 35.5. The zero-order valence-electron chi connectivity index (χ0n) is 18.5. The number of aliphatic hydroxyl groups is 2. The summed E-state index contributed by atoms with van der Waals surface area (Å²) in [6.07, 6.45) is 2.69. The van der Waals surface area contributed by atoms with Gasteiger partial charge in [-0.3, -0.25) is 0 Å². The quantitative estimate of drug-likeness (QED) is 0.350. The smallest absolute Gasteiger partial charge is 0.164 e. The van der Waals surface area contributed by atoms with Crippen molar-refractivity contribution in [1.82, 2.24) is 19.5 Å². The molecule has 176 valence electrons. The van der Waals surface area contributed by atoms with Gasteiger partial charge in [-0.05, 0) is 55.4 Å². The van der Waals surface area contributed by atoms with E-state index >= 15 is 0 Å². The summed E-state index contributed by atoms with van der Waals surface area (Å²) in [5.41, 5.74) is 13.9. The molecule has 1 unspecified atom stereocenters. The van der Waals surface area contributed by atoms with Gasteiger partial charge in [0.2, 0.25) is 0 Å². The SMILES string of the molecule is Cc1cn([C@@H]2O[C@@H]3[C@H](Cc4ccc5cc(Cl)c(N)nc5c4)CC[C@]3(O)C2O)c2ncnc(N)c12. The molecular weight excluding hydrogens is 456 g/mol. The van der Waals surface area contributed by atoms with Crippen molar-refractivity contribution in [2.45, 2.75) is 50.2 Å². The average Bonchev–Trinajstić information content (AvgIpc) is 3.39. The lowest BCUT2D eigenvalue weighted by atomic mass is 9.90. The minimum atomic E-state index is -1.34. The number of anilines is 2. The predicted octanol–water partition coefficient (Wildman–Crippen LogP) is 2.75. The number of aromatic nitrogens is 4. The van der Waals surface area contributed by atoms with Crippen LogP contribution < -0.4 is 11.5 Å². The zero-order valence-corrected chi connectivity index (χ0v) is 19.3. The summed E-state index contributed by atoms with van der Waals surface area (Å²) >= 11 is 6.09. The summed E-state index contributed by atoms with van der Waals surface area (Å²) in [4.78, 5) is 12.8. The van der Waals surface area contributed by atoms with Crippen LogP contribution in [0.15, 0.2) is 36.8 Å². The van der Waals surface area contributed by atoms with Crippen LogP contribution in [-0.4, -0.2) is 47.5 Å². The summed E-state index contributed by atoms with van der Waals surface area (Å²) in [7, 11) is 0. The Morgan fingerprint density at radius 3 is 2.88 bits per heavy atom. The van der Waals surface area contributed by atoms with Crippen LogP contribution in [0.5, 0.6) is 0 Å². The molecule has 2 fully saturated rings. The van der Waals surface area contributed by atoms with Crippen LogP contribution >= 0.6 is 11.6 Å². The van der Waals surface area contributed by atoms with Crippen molar-refractivity contribution in [1.29, 1.82) is 0 Å². The monoisotopic (exact) mass is 480 g/mol. The van der Waals surface area contributed by atoms with Crippen LogP contribution in [0.25, 0.3) is 21.9 Å². The molecule has 6 rings (SSSR count). The third kappa shape index (κ3) is 3.08. The molecule has 34 heavy (non-hydrogen) atoms. The van der Waals surface area contributed by atoms with E-state index in [1.165, 1.54) is 6.33 Å². The van der Waals surface area contributed by atoms with Crippen LogP contribution in [0.2, 0.25) is 5.02 Å². The van der Waals surface area contributed by atoms with Crippen LogP contribution in [0.4, 0.5) is 11.6 Å². The standard InChI is InChI=1S/C24H25ClN6O3/c1-11-9-31(22-17(11)21(27)28-10-29-22)23-18(32)24(33)5-4-14(19(24)34-23)6-12-2-3-13-8-15(25)20(26)30-16(13)7-12/h2-3,7-10,14,18-19,23,32-33H,4-6H2,1H3,(H2,26,30)(H2,27,28,29)/t14-,18?,19+,23+,24-/m0/s1. The lowest BCUT2D eigenvalue weighted by Crippen LogP contribution is -2.45. The molecule has 10 heteroatoms. The third-order valence-electron chi connectivity index (χ3n) is 7.37. The van der Waals surface area contributed by atoms with E-state index in [4.69, 9.17) is 27.8 Å². The van der Waals surface area contributed by atoms with E-state index in [0.717, 1.165) is 33.8 Å². The molecule has 2 aliphatic rings. The van der Waals surface area contributed by atoms with Crippen LogP contribution in [0.3, 0.4) is 0 Å². The van der Waals surface area contributed by atoms with Crippen molar-refractivity contribution in [2.75, 3.05) is 11.5 Å². The first-order chi connectivity index (χ1) is 16.3. The van der Waals surface area contributed by atoms with E-state index < -0.39 is 24.0 Å². The van der Waals surface area contributed by atoms with E-state index in [-0.39, 0.29) is 5.92 Å². The van der Waals surface area contributed by atoms with Gasteiger partial charge >= 0.3 is 0 Å². The molecule has 0 amide bonds. The van der Waals surface area contributed by atoms with Gasteiger partial charge in [0, 0.05) is 11.6 Å². The summed E-state index contributed by atoms with van der Waals surface area (Å²) in [5, 5.41) is 24.7. The fraction of sp³-hybridized carbons (Fsp3) is 0.375. The Bertz CT molecular complexity index is 1440. The molecule has 0 radical (unpaired) electrons. The van der Waals surface area contributed by atoms with Gasteiger partial charge in [-0.1, -0.05) is 23.7 Å². The highest BCUT2D eigenvalue weighted by molar-refractivity contribution is 6.33. The van der Waals surface area contributed by atoms with E-state index in [2.05, 4.69) is 15.0 Å². The number of nitrogen functional groups attached to an aromatic ring is 2. The number of halogens is 1. The Labute approximate surface area is 200 Å². The molecule has 1 aliphatic heterocycles. The second-order valence-corrected chi connectivity index (χ2v) is 9.85. The fourth-order valence-electron chi connectivity index (χ4n) is 5.69. The summed E-state index contributed by atoms with van der Waals surface area (Å²) in [5.74, 6) is 0.692. The first-order valence-corrected chi connectivity index (χ1v) is 11.6. The molecule has 6 N–H and O–H groups in total. The number of hydrogen-bond acceptors (Lipinski definition) is 8. The van der Waals surface area contributed by atoms with Gasteiger partial charge in [-0.2, -0.15) is 0 Å². The van der Waals surface area contributed by atoms with Gasteiger partial charge in [-0.25, -0.2) is 15.0 Å². The first kappa shape index (κ1) is 21.5.